The van der Waals surface area contributed by atoms with E-state index in [0.717, 1.165) is 18.6 Å². The Balaban J connectivity index is 1.88. The van der Waals surface area contributed by atoms with Gasteiger partial charge in [-0.1, -0.05) is 13.3 Å². The molecule has 2 rings (SSSR count). The van der Waals surface area contributed by atoms with Crippen LogP contribution >= 0.6 is 31.9 Å². The van der Waals surface area contributed by atoms with Gasteiger partial charge in [0.15, 0.2) is 12.4 Å². The number of carbonyl (C=O) groups excluding carboxylic acids is 1. The van der Waals surface area contributed by atoms with Crippen molar-refractivity contribution < 1.29 is 19.0 Å². The Hall–Kier alpha value is -2.04. The molecule has 0 fully saturated rings. The lowest BCUT2D eigenvalue weighted by atomic mass is 10.2. The average molecular weight is 483 g/mol. The zero-order valence-electron chi connectivity index (χ0n) is 14.1. The zero-order chi connectivity index (χ0) is 18.9. The van der Waals surface area contributed by atoms with Crippen LogP contribution in [0.1, 0.15) is 25.3 Å². The maximum Gasteiger partial charge on any atom is 0.349 e. The molecule has 26 heavy (non-hydrogen) atoms. The van der Waals surface area contributed by atoms with Crippen LogP contribution in [0, 0.1) is 11.3 Å². The second-order valence-corrected chi connectivity index (χ2v) is 7.03. The Labute approximate surface area is 169 Å². The molecule has 7 heteroatoms. The van der Waals surface area contributed by atoms with Gasteiger partial charge in [-0.2, -0.15) is 5.26 Å². The third-order valence-corrected chi connectivity index (χ3v) is 4.47. The van der Waals surface area contributed by atoms with E-state index in [-0.39, 0.29) is 6.61 Å². The number of nitriles is 1. The van der Waals surface area contributed by atoms with Crippen LogP contribution in [0.2, 0.25) is 0 Å². The van der Waals surface area contributed by atoms with E-state index >= 15 is 0 Å². The number of carbonyl (C=O) groups is 1. The molecule has 0 saturated heterocycles. The van der Waals surface area contributed by atoms with Crippen molar-refractivity contribution in [3.8, 4) is 23.3 Å². The van der Waals surface area contributed by atoms with Gasteiger partial charge in [0.2, 0.25) is 0 Å². The number of ether oxygens (including phenoxy) is 3. The first kappa shape index (κ1) is 20.3. The molecule has 0 heterocycles. The van der Waals surface area contributed by atoms with Gasteiger partial charge in [0.1, 0.15) is 11.5 Å². The standard InChI is InChI=1S/C19H17Br2NO4/c1-2-3-8-24-14-4-6-15(7-5-14)25-12-18(23)26-19-16(20)9-13(11-22)10-17(19)21/h4-7,9-10H,2-3,8,12H2,1H3. The van der Waals surface area contributed by atoms with Crippen LogP contribution in [0.15, 0.2) is 45.3 Å². The number of hydrogen-bond donors (Lipinski definition) is 0. The molecule has 0 aliphatic carbocycles. The van der Waals surface area contributed by atoms with Crippen molar-refractivity contribution in [3.05, 3.63) is 50.9 Å². The highest BCUT2D eigenvalue weighted by Crippen LogP contribution is 2.34. The molecule has 2 aromatic rings. The van der Waals surface area contributed by atoms with E-state index < -0.39 is 5.97 Å². The fourth-order valence-electron chi connectivity index (χ4n) is 1.97. The van der Waals surface area contributed by atoms with E-state index in [1.165, 1.54) is 0 Å². The average Bonchev–Trinajstić information content (AvgIpc) is 2.64. The number of esters is 1. The molecule has 136 valence electrons. The van der Waals surface area contributed by atoms with Crippen LogP contribution in [0.25, 0.3) is 0 Å². The highest BCUT2D eigenvalue weighted by Gasteiger charge is 2.14. The van der Waals surface area contributed by atoms with Gasteiger partial charge in [-0.3, -0.25) is 0 Å². The lowest BCUT2D eigenvalue weighted by Crippen LogP contribution is -2.18. The summed E-state index contributed by atoms with van der Waals surface area (Å²) in [4.78, 5) is 12.0. The van der Waals surface area contributed by atoms with Gasteiger partial charge >= 0.3 is 5.97 Å². The maximum atomic E-state index is 12.0. The van der Waals surface area contributed by atoms with Gasteiger partial charge in [-0.05, 0) is 74.7 Å². The molecule has 0 spiro atoms. The number of nitrogens with zero attached hydrogens (tertiary/aromatic N) is 1. The fourth-order valence-corrected chi connectivity index (χ4v) is 3.32. The lowest BCUT2D eigenvalue weighted by molar-refractivity contribution is -0.136. The van der Waals surface area contributed by atoms with E-state index in [0.29, 0.717) is 32.6 Å². The summed E-state index contributed by atoms with van der Waals surface area (Å²) in [5, 5.41) is 8.92. The quantitative estimate of drug-likeness (QED) is 0.292. The van der Waals surface area contributed by atoms with Crippen molar-refractivity contribution in [2.45, 2.75) is 19.8 Å². The minimum absolute atomic E-state index is 0.241. The highest BCUT2D eigenvalue weighted by molar-refractivity contribution is 9.11. The van der Waals surface area contributed by atoms with Crippen molar-refractivity contribution in [3.63, 3.8) is 0 Å². The second-order valence-electron chi connectivity index (χ2n) is 5.32. The molecular formula is C19H17Br2NO4. The summed E-state index contributed by atoms with van der Waals surface area (Å²) in [5.41, 5.74) is 0.445. The summed E-state index contributed by atoms with van der Waals surface area (Å²) in [6, 6.07) is 12.2. The predicted molar refractivity (Wildman–Crippen MR) is 105 cm³/mol. The Bertz CT molecular complexity index is 777. The van der Waals surface area contributed by atoms with Crippen molar-refractivity contribution in [2.75, 3.05) is 13.2 Å². The lowest BCUT2D eigenvalue weighted by Gasteiger charge is -2.10. The first-order chi connectivity index (χ1) is 12.5. The maximum absolute atomic E-state index is 12.0. The fraction of sp³-hybridized carbons (Fsp3) is 0.263. The highest BCUT2D eigenvalue weighted by atomic mass is 79.9. The van der Waals surface area contributed by atoms with E-state index in [2.05, 4.69) is 38.8 Å². The third kappa shape index (κ3) is 6.04. The first-order valence-corrected chi connectivity index (χ1v) is 9.57. The number of rotatable bonds is 8. The molecule has 0 aliphatic heterocycles. The molecule has 0 atom stereocenters. The van der Waals surface area contributed by atoms with Crippen LogP contribution in [0.5, 0.6) is 17.2 Å². The summed E-state index contributed by atoms with van der Waals surface area (Å²) >= 11 is 6.57. The summed E-state index contributed by atoms with van der Waals surface area (Å²) < 4.78 is 17.3. The van der Waals surface area contributed by atoms with Crippen molar-refractivity contribution in [1.29, 1.82) is 5.26 Å². The number of halogens is 2. The van der Waals surface area contributed by atoms with Crippen LogP contribution < -0.4 is 14.2 Å². The first-order valence-electron chi connectivity index (χ1n) is 7.99. The molecule has 0 amide bonds. The largest absolute Gasteiger partial charge is 0.494 e. The van der Waals surface area contributed by atoms with Crippen molar-refractivity contribution >= 4 is 37.8 Å². The van der Waals surface area contributed by atoms with E-state index in [4.69, 9.17) is 19.5 Å². The Morgan fingerprint density at radius 2 is 1.65 bits per heavy atom. The van der Waals surface area contributed by atoms with E-state index in [9.17, 15) is 4.79 Å². The third-order valence-electron chi connectivity index (χ3n) is 3.29. The van der Waals surface area contributed by atoms with Crippen molar-refractivity contribution in [2.24, 2.45) is 0 Å². The Morgan fingerprint density at radius 1 is 1.08 bits per heavy atom. The minimum Gasteiger partial charge on any atom is -0.494 e. The summed E-state index contributed by atoms with van der Waals surface area (Å²) in [7, 11) is 0. The molecule has 0 aromatic heterocycles. The Morgan fingerprint density at radius 3 is 2.19 bits per heavy atom. The topological polar surface area (TPSA) is 68.6 Å². The predicted octanol–water partition coefficient (Wildman–Crippen LogP) is 5.25. The minimum atomic E-state index is -0.556. The smallest absolute Gasteiger partial charge is 0.349 e. The summed E-state index contributed by atoms with van der Waals surface area (Å²) in [6.45, 7) is 2.54. The number of hydrogen-bond acceptors (Lipinski definition) is 5. The molecule has 0 saturated carbocycles. The normalized spacial score (nSPS) is 10.1. The molecule has 0 N–H and O–H groups in total. The zero-order valence-corrected chi connectivity index (χ0v) is 17.3. The van der Waals surface area contributed by atoms with Gasteiger partial charge in [0.25, 0.3) is 0 Å². The molecule has 0 aliphatic rings. The molecular weight excluding hydrogens is 466 g/mol. The van der Waals surface area contributed by atoms with Gasteiger partial charge < -0.3 is 14.2 Å². The van der Waals surface area contributed by atoms with Gasteiger partial charge in [0, 0.05) is 0 Å². The summed E-state index contributed by atoms with van der Waals surface area (Å²) in [6.07, 6.45) is 2.08. The number of benzene rings is 2. The number of unbranched alkanes of at least 4 members (excludes halogenated alkanes) is 1. The van der Waals surface area contributed by atoms with Crippen LogP contribution in [-0.4, -0.2) is 19.2 Å². The molecule has 5 nitrogen and oxygen atoms in total. The van der Waals surface area contributed by atoms with Gasteiger partial charge in [-0.25, -0.2) is 4.79 Å². The molecule has 2 aromatic carbocycles. The van der Waals surface area contributed by atoms with Crippen LogP contribution in [-0.2, 0) is 4.79 Å². The van der Waals surface area contributed by atoms with Gasteiger partial charge in [0.05, 0.1) is 27.2 Å². The van der Waals surface area contributed by atoms with E-state index in [1.807, 2.05) is 6.07 Å². The van der Waals surface area contributed by atoms with Crippen LogP contribution in [0.3, 0.4) is 0 Å². The monoisotopic (exact) mass is 481 g/mol. The van der Waals surface area contributed by atoms with Gasteiger partial charge in [-0.15, -0.1) is 0 Å². The SMILES string of the molecule is CCCCOc1ccc(OCC(=O)Oc2c(Br)cc(C#N)cc2Br)cc1. The molecule has 0 bridgehead atoms. The molecule has 0 radical (unpaired) electrons. The van der Waals surface area contributed by atoms with Crippen molar-refractivity contribution in [1.82, 2.24) is 0 Å². The summed E-state index contributed by atoms with van der Waals surface area (Å²) in [5.74, 6) is 1.05. The Kier molecular flexibility index (Phi) is 7.95. The molecule has 0 unspecified atom stereocenters. The van der Waals surface area contributed by atoms with E-state index in [1.54, 1.807) is 36.4 Å². The second kappa shape index (κ2) is 10.2. The van der Waals surface area contributed by atoms with Crippen LogP contribution in [0.4, 0.5) is 0 Å².